The number of hydrogen-bond donors (Lipinski definition) is 1. The standard InChI is InChI=1S/C23H29N3O3S/c1-18-7-10-20(11-8-18)30(28,29)24-19-9-12-22(25-13-5-6-14-25)21(17-19)23(27)26-15-3-2-4-16-26/h7-12,17,24H,2-6,13-16H2,1H3. The summed E-state index contributed by atoms with van der Waals surface area (Å²) in [4.78, 5) is 17.7. The molecule has 4 rings (SSSR count). The van der Waals surface area contributed by atoms with Crippen LogP contribution in [0.5, 0.6) is 0 Å². The van der Waals surface area contributed by atoms with E-state index in [1.165, 1.54) is 0 Å². The third-order valence-electron chi connectivity index (χ3n) is 5.90. The summed E-state index contributed by atoms with van der Waals surface area (Å²) in [6.45, 7) is 5.29. The van der Waals surface area contributed by atoms with E-state index in [-0.39, 0.29) is 10.8 Å². The lowest BCUT2D eigenvalue weighted by Gasteiger charge is -2.29. The van der Waals surface area contributed by atoms with E-state index in [2.05, 4.69) is 9.62 Å². The molecule has 0 radical (unpaired) electrons. The van der Waals surface area contributed by atoms with Crippen LogP contribution in [0.25, 0.3) is 0 Å². The van der Waals surface area contributed by atoms with Crippen LogP contribution in [0.15, 0.2) is 47.4 Å². The Kier molecular flexibility index (Phi) is 5.99. The Balaban J connectivity index is 1.65. The fourth-order valence-electron chi connectivity index (χ4n) is 4.20. The van der Waals surface area contributed by atoms with Crippen molar-refractivity contribution in [2.45, 2.75) is 43.9 Å². The number of nitrogens with zero attached hydrogens (tertiary/aromatic N) is 2. The number of likely N-dealkylation sites (tertiary alicyclic amines) is 1. The number of aryl methyl sites for hydroxylation is 1. The largest absolute Gasteiger partial charge is 0.371 e. The number of carbonyl (C=O) groups is 1. The molecule has 2 aromatic carbocycles. The predicted octanol–water partition coefficient (Wildman–Crippen LogP) is 4.02. The Morgan fingerprint density at radius 3 is 2.17 bits per heavy atom. The average Bonchev–Trinajstić information content (AvgIpc) is 3.28. The first-order valence-electron chi connectivity index (χ1n) is 10.7. The zero-order valence-electron chi connectivity index (χ0n) is 17.4. The SMILES string of the molecule is Cc1ccc(S(=O)(=O)Nc2ccc(N3CCCC3)c(C(=O)N3CCCCC3)c2)cc1. The molecule has 2 saturated heterocycles. The molecule has 2 fully saturated rings. The molecule has 0 spiro atoms. The summed E-state index contributed by atoms with van der Waals surface area (Å²) in [5.74, 6) is -0.00650. The molecule has 6 nitrogen and oxygen atoms in total. The van der Waals surface area contributed by atoms with Crippen molar-refractivity contribution in [1.82, 2.24) is 4.90 Å². The topological polar surface area (TPSA) is 69.7 Å². The van der Waals surface area contributed by atoms with Gasteiger partial charge in [-0.15, -0.1) is 0 Å². The van der Waals surface area contributed by atoms with Crippen molar-refractivity contribution in [2.75, 3.05) is 35.8 Å². The van der Waals surface area contributed by atoms with E-state index in [0.717, 1.165) is 69.5 Å². The number of amides is 1. The van der Waals surface area contributed by atoms with E-state index in [1.807, 2.05) is 17.9 Å². The van der Waals surface area contributed by atoms with Gasteiger partial charge in [0.15, 0.2) is 0 Å². The maximum absolute atomic E-state index is 13.3. The molecule has 1 amide bonds. The third kappa shape index (κ3) is 4.46. The van der Waals surface area contributed by atoms with Gasteiger partial charge in [-0.2, -0.15) is 0 Å². The molecule has 0 aromatic heterocycles. The lowest BCUT2D eigenvalue weighted by atomic mass is 10.1. The normalized spacial score (nSPS) is 17.2. The van der Waals surface area contributed by atoms with Gasteiger partial charge < -0.3 is 9.80 Å². The number of piperidine rings is 1. The second-order valence-corrected chi connectivity index (χ2v) is 9.88. The maximum atomic E-state index is 13.3. The van der Waals surface area contributed by atoms with Crippen molar-refractivity contribution in [2.24, 2.45) is 0 Å². The molecule has 0 saturated carbocycles. The molecule has 2 aliphatic rings. The molecule has 2 heterocycles. The van der Waals surface area contributed by atoms with E-state index in [0.29, 0.717) is 11.3 Å². The molecule has 2 aliphatic heterocycles. The molecule has 0 atom stereocenters. The van der Waals surface area contributed by atoms with Crippen molar-refractivity contribution >= 4 is 27.3 Å². The molecule has 1 N–H and O–H groups in total. The average molecular weight is 428 g/mol. The Hall–Kier alpha value is -2.54. The minimum atomic E-state index is -3.72. The first-order chi connectivity index (χ1) is 14.4. The molecule has 0 bridgehead atoms. The van der Waals surface area contributed by atoms with Gasteiger partial charge >= 0.3 is 0 Å². The number of hydrogen-bond acceptors (Lipinski definition) is 4. The number of rotatable bonds is 5. The van der Waals surface area contributed by atoms with Crippen LogP contribution < -0.4 is 9.62 Å². The summed E-state index contributed by atoms with van der Waals surface area (Å²) in [6, 6.07) is 12.1. The fourth-order valence-corrected chi connectivity index (χ4v) is 5.25. The van der Waals surface area contributed by atoms with E-state index >= 15 is 0 Å². The van der Waals surface area contributed by atoms with Crippen molar-refractivity contribution in [3.63, 3.8) is 0 Å². The van der Waals surface area contributed by atoms with Crippen molar-refractivity contribution in [3.8, 4) is 0 Å². The Morgan fingerprint density at radius 2 is 1.50 bits per heavy atom. The molecular weight excluding hydrogens is 398 g/mol. The van der Waals surface area contributed by atoms with Gasteiger partial charge in [-0.3, -0.25) is 9.52 Å². The Morgan fingerprint density at radius 1 is 0.867 bits per heavy atom. The molecule has 7 heteroatoms. The van der Waals surface area contributed by atoms with Gasteiger partial charge in [0.25, 0.3) is 15.9 Å². The zero-order valence-corrected chi connectivity index (χ0v) is 18.2. The first kappa shape index (κ1) is 20.7. The van der Waals surface area contributed by atoms with Crippen LogP contribution in [-0.2, 0) is 10.0 Å². The van der Waals surface area contributed by atoms with Crippen LogP contribution in [0.4, 0.5) is 11.4 Å². The number of carbonyl (C=O) groups excluding carboxylic acids is 1. The summed E-state index contributed by atoms with van der Waals surface area (Å²) < 4.78 is 28.3. The molecule has 2 aromatic rings. The van der Waals surface area contributed by atoms with Crippen molar-refractivity contribution < 1.29 is 13.2 Å². The van der Waals surface area contributed by atoms with Crippen LogP contribution in [0.2, 0.25) is 0 Å². The summed E-state index contributed by atoms with van der Waals surface area (Å²) in [5, 5.41) is 0. The summed E-state index contributed by atoms with van der Waals surface area (Å²) >= 11 is 0. The Labute approximate surface area is 178 Å². The number of anilines is 2. The lowest BCUT2D eigenvalue weighted by molar-refractivity contribution is 0.0725. The summed E-state index contributed by atoms with van der Waals surface area (Å²) in [5.41, 5.74) is 2.90. The second-order valence-electron chi connectivity index (χ2n) is 8.20. The molecule has 0 unspecified atom stereocenters. The number of benzene rings is 2. The van der Waals surface area contributed by atoms with Crippen LogP contribution in [0.3, 0.4) is 0 Å². The van der Waals surface area contributed by atoms with E-state index in [1.54, 1.807) is 36.4 Å². The number of nitrogens with one attached hydrogen (secondary N) is 1. The van der Waals surface area contributed by atoms with E-state index < -0.39 is 10.0 Å². The monoisotopic (exact) mass is 427 g/mol. The molecule has 30 heavy (non-hydrogen) atoms. The summed E-state index contributed by atoms with van der Waals surface area (Å²) in [6.07, 6.45) is 5.41. The molecule has 160 valence electrons. The van der Waals surface area contributed by atoms with Crippen LogP contribution in [0, 0.1) is 6.92 Å². The second kappa shape index (κ2) is 8.68. The minimum absolute atomic E-state index is 0.00650. The first-order valence-corrected chi connectivity index (χ1v) is 12.2. The molecule has 0 aliphatic carbocycles. The Bertz CT molecular complexity index is 1010. The highest BCUT2D eigenvalue weighted by atomic mass is 32.2. The fraction of sp³-hybridized carbons (Fsp3) is 0.435. The van der Waals surface area contributed by atoms with Gasteiger partial charge in [-0.25, -0.2) is 8.42 Å². The van der Waals surface area contributed by atoms with Gasteiger partial charge in [0.1, 0.15) is 0 Å². The van der Waals surface area contributed by atoms with Crippen LogP contribution in [0.1, 0.15) is 48.0 Å². The summed E-state index contributed by atoms with van der Waals surface area (Å²) in [7, 11) is -3.72. The zero-order chi connectivity index (χ0) is 21.1. The van der Waals surface area contributed by atoms with Gasteiger partial charge in [-0.1, -0.05) is 17.7 Å². The van der Waals surface area contributed by atoms with Crippen LogP contribution in [-0.4, -0.2) is 45.4 Å². The predicted molar refractivity (Wildman–Crippen MR) is 120 cm³/mol. The minimum Gasteiger partial charge on any atom is -0.371 e. The quantitative estimate of drug-likeness (QED) is 0.782. The highest BCUT2D eigenvalue weighted by Crippen LogP contribution is 2.30. The highest BCUT2D eigenvalue weighted by Gasteiger charge is 2.25. The van der Waals surface area contributed by atoms with E-state index in [4.69, 9.17) is 0 Å². The number of sulfonamides is 1. The smallest absolute Gasteiger partial charge is 0.261 e. The lowest BCUT2D eigenvalue weighted by Crippen LogP contribution is -2.36. The van der Waals surface area contributed by atoms with Crippen molar-refractivity contribution in [3.05, 3.63) is 53.6 Å². The molecular formula is C23H29N3O3S. The van der Waals surface area contributed by atoms with Gasteiger partial charge in [0.05, 0.1) is 10.5 Å². The van der Waals surface area contributed by atoms with Gasteiger partial charge in [0, 0.05) is 37.6 Å². The van der Waals surface area contributed by atoms with Crippen LogP contribution >= 0.6 is 0 Å². The van der Waals surface area contributed by atoms with Gasteiger partial charge in [0.2, 0.25) is 0 Å². The highest BCUT2D eigenvalue weighted by molar-refractivity contribution is 7.92. The maximum Gasteiger partial charge on any atom is 0.261 e. The van der Waals surface area contributed by atoms with Crippen molar-refractivity contribution in [1.29, 1.82) is 0 Å². The third-order valence-corrected chi connectivity index (χ3v) is 7.30. The van der Waals surface area contributed by atoms with E-state index in [9.17, 15) is 13.2 Å². The van der Waals surface area contributed by atoms with Gasteiger partial charge in [-0.05, 0) is 69.4 Å².